The van der Waals surface area contributed by atoms with Crippen LogP contribution in [0.2, 0.25) is 0 Å². The lowest BCUT2D eigenvalue weighted by atomic mass is 9.89. The van der Waals surface area contributed by atoms with Crippen molar-refractivity contribution in [3.05, 3.63) is 90.0 Å². The van der Waals surface area contributed by atoms with Gasteiger partial charge in [0.25, 0.3) is 5.91 Å². The highest BCUT2D eigenvalue weighted by Crippen LogP contribution is 2.48. The third-order valence-corrected chi connectivity index (χ3v) is 6.09. The number of halogens is 3. The van der Waals surface area contributed by atoms with Crippen LogP contribution in [0.15, 0.2) is 78.9 Å². The van der Waals surface area contributed by atoms with Crippen molar-refractivity contribution in [2.75, 3.05) is 16.6 Å². The van der Waals surface area contributed by atoms with Crippen LogP contribution in [0, 0.1) is 5.92 Å². The summed E-state index contributed by atoms with van der Waals surface area (Å²) in [6, 6.07) is 19.0. The Balaban J connectivity index is 1.56. The summed E-state index contributed by atoms with van der Waals surface area (Å²) in [4.78, 5) is 33.9. The summed E-state index contributed by atoms with van der Waals surface area (Å²) in [5, 5.41) is 1.37. The first-order chi connectivity index (χ1) is 16.8. The molecule has 2 aliphatic heterocycles. The topological polar surface area (TPSA) is 59.1 Å². The second-order valence-electron chi connectivity index (χ2n) is 8.22. The molecule has 0 N–H and O–H groups in total. The number of fused-ring (bicyclic) bond motifs is 1. The molecule has 2 amide bonds. The number of benzene rings is 3. The summed E-state index contributed by atoms with van der Waals surface area (Å²) in [5.41, 5.74) is 0.255. The van der Waals surface area contributed by atoms with Gasteiger partial charge in [-0.15, -0.1) is 0 Å². The molecule has 3 aromatic carbocycles. The molecule has 35 heavy (non-hydrogen) atoms. The summed E-state index contributed by atoms with van der Waals surface area (Å²) < 4.78 is 45.8. The van der Waals surface area contributed by atoms with Gasteiger partial charge in [0, 0.05) is 0 Å². The zero-order valence-corrected chi connectivity index (χ0v) is 18.6. The number of alkyl halides is 3. The summed E-state index contributed by atoms with van der Waals surface area (Å²) in [6.45, 7) is 2.30. The first-order valence-corrected chi connectivity index (χ1v) is 11.1. The van der Waals surface area contributed by atoms with Gasteiger partial charge in [-0.25, -0.2) is 9.96 Å². The maximum atomic E-state index is 13.6. The number of amides is 2. The van der Waals surface area contributed by atoms with Gasteiger partial charge in [-0.05, 0) is 61.0 Å². The lowest BCUT2D eigenvalue weighted by Crippen LogP contribution is -2.37. The van der Waals surface area contributed by atoms with Crippen LogP contribution in [0.5, 0.6) is 5.75 Å². The minimum atomic E-state index is -4.56. The molecule has 0 aliphatic carbocycles. The molecule has 180 valence electrons. The van der Waals surface area contributed by atoms with Crippen LogP contribution < -0.4 is 14.7 Å². The Hall–Kier alpha value is -3.85. The molecule has 0 spiro atoms. The Bertz CT molecular complexity index is 1250. The van der Waals surface area contributed by atoms with Crippen LogP contribution in [0.25, 0.3) is 0 Å². The van der Waals surface area contributed by atoms with Crippen molar-refractivity contribution < 1.29 is 32.3 Å². The number of carbonyl (C=O) groups excluding carboxylic acids is 2. The van der Waals surface area contributed by atoms with E-state index >= 15 is 0 Å². The van der Waals surface area contributed by atoms with E-state index in [9.17, 15) is 22.8 Å². The molecule has 3 aromatic rings. The summed E-state index contributed by atoms with van der Waals surface area (Å²) >= 11 is 0. The predicted octanol–water partition coefficient (Wildman–Crippen LogP) is 5.16. The third kappa shape index (κ3) is 4.01. The normalized spacial score (nSPS) is 22.0. The summed E-state index contributed by atoms with van der Waals surface area (Å²) in [5.74, 6) is -1.55. The van der Waals surface area contributed by atoms with E-state index in [0.717, 1.165) is 17.0 Å². The van der Waals surface area contributed by atoms with Crippen molar-refractivity contribution in [2.24, 2.45) is 5.92 Å². The van der Waals surface area contributed by atoms with E-state index in [1.54, 1.807) is 54.6 Å². The standard InChI is InChI=1S/C26H21F3N2O4/c1-2-34-20-13-11-18(12-14-20)30-24(32)21-22(16-7-6-8-17(15-16)26(27,28)29)31(35-23(21)25(30)33)19-9-4-3-5-10-19/h3-15,21-23H,2H2,1H3/t21-,22+,23+/m1/s1. The first kappa shape index (κ1) is 22.9. The molecule has 2 heterocycles. The van der Waals surface area contributed by atoms with Gasteiger partial charge >= 0.3 is 6.18 Å². The highest BCUT2D eigenvalue weighted by Gasteiger charge is 2.60. The number of rotatable bonds is 5. The van der Waals surface area contributed by atoms with Crippen molar-refractivity contribution in [1.82, 2.24) is 0 Å². The Morgan fingerprint density at radius 3 is 2.26 bits per heavy atom. The average Bonchev–Trinajstić information content (AvgIpc) is 3.36. The number of para-hydroxylation sites is 1. The van der Waals surface area contributed by atoms with Gasteiger partial charge in [0.1, 0.15) is 11.7 Å². The summed E-state index contributed by atoms with van der Waals surface area (Å²) in [7, 11) is 0. The van der Waals surface area contributed by atoms with Crippen LogP contribution in [-0.4, -0.2) is 24.5 Å². The van der Waals surface area contributed by atoms with Gasteiger partial charge in [0.2, 0.25) is 5.91 Å². The maximum absolute atomic E-state index is 13.6. The molecule has 0 saturated carbocycles. The number of nitrogens with zero attached hydrogens (tertiary/aromatic N) is 2. The van der Waals surface area contributed by atoms with Crippen LogP contribution in [0.1, 0.15) is 24.1 Å². The number of hydrogen-bond donors (Lipinski definition) is 0. The molecule has 0 bridgehead atoms. The molecular formula is C26H21F3N2O4. The van der Waals surface area contributed by atoms with E-state index < -0.39 is 41.6 Å². The number of anilines is 2. The lowest BCUT2D eigenvalue weighted by Gasteiger charge is -2.29. The molecule has 0 unspecified atom stereocenters. The van der Waals surface area contributed by atoms with Gasteiger partial charge in [0.15, 0.2) is 6.10 Å². The van der Waals surface area contributed by atoms with Gasteiger partial charge in [-0.1, -0.05) is 30.3 Å². The zero-order chi connectivity index (χ0) is 24.7. The van der Waals surface area contributed by atoms with E-state index in [1.165, 1.54) is 17.2 Å². The predicted molar refractivity (Wildman–Crippen MR) is 122 cm³/mol. The SMILES string of the molecule is CCOc1ccc(N2C(=O)[C@H]3[C@H](ON(c4ccccc4)[C@H]3c3cccc(C(F)(F)F)c3)C2=O)cc1. The average molecular weight is 482 g/mol. The van der Waals surface area contributed by atoms with Crippen molar-refractivity contribution in [3.63, 3.8) is 0 Å². The lowest BCUT2D eigenvalue weighted by molar-refractivity contribution is -0.137. The smallest absolute Gasteiger partial charge is 0.416 e. The Morgan fingerprint density at radius 1 is 0.886 bits per heavy atom. The highest BCUT2D eigenvalue weighted by molar-refractivity contribution is 6.23. The molecule has 5 rings (SSSR count). The quantitative estimate of drug-likeness (QED) is 0.471. The molecule has 2 aliphatic rings. The minimum absolute atomic E-state index is 0.228. The van der Waals surface area contributed by atoms with E-state index in [0.29, 0.717) is 23.7 Å². The van der Waals surface area contributed by atoms with Gasteiger partial charge in [-0.3, -0.25) is 14.4 Å². The van der Waals surface area contributed by atoms with Crippen molar-refractivity contribution in [1.29, 1.82) is 0 Å². The van der Waals surface area contributed by atoms with Crippen LogP contribution in [-0.2, 0) is 20.6 Å². The maximum Gasteiger partial charge on any atom is 0.416 e. The molecule has 6 nitrogen and oxygen atoms in total. The monoisotopic (exact) mass is 482 g/mol. The Labute approximate surface area is 199 Å². The van der Waals surface area contributed by atoms with E-state index in [-0.39, 0.29) is 5.56 Å². The first-order valence-electron chi connectivity index (χ1n) is 11.1. The molecule has 2 fully saturated rings. The fourth-order valence-corrected chi connectivity index (χ4v) is 4.56. The number of imide groups is 1. The van der Waals surface area contributed by atoms with Crippen molar-refractivity contribution >= 4 is 23.2 Å². The van der Waals surface area contributed by atoms with Gasteiger partial charge in [0.05, 0.1) is 29.6 Å². The second kappa shape index (κ2) is 8.74. The Morgan fingerprint density at radius 2 is 1.60 bits per heavy atom. The summed E-state index contributed by atoms with van der Waals surface area (Å²) in [6.07, 6.45) is -5.73. The zero-order valence-electron chi connectivity index (χ0n) is 18.6. The van der Waals surface area contributed by atoms with Crippen LogP contribution in [0.4, 0.5) is 24.5 Å². The number of hydrogen-bond acceptors (Lipinski definition) is 5. The van der Waals surface area contributed by atoms with E-state index in [2.05, 4.69) is 0 Å². The fourth-order valence-electron chi connectivity index (χ4n) is 4.56. The van der Waals surface area contributed by atoms with Crippen molar-refractivity contribution in [2.45, 2.75) is 25.2 Å². The second-order valence-corrected chi connectivity index (χ2v) is 8.22. The molecule has 0 radical (unpaired) electrons. The van der Waals surface area contributed by atoms with Crippen molar-refractivity contribution in [3.8, 4) is 5.75 Å². The van der Waals surface area contributed by atoms with Crippen LogP contribution >= 0.6 is 0 Å². The Kier molecular flexibility index (Phi) is 5.72. The van der Waals surface area contributed by atoms with Gasteiger partial charge < -0.3 is 4.74 Å². The van der Waals surface area contributed by atoms with E-state index in [4.69, 9.17) is 9.57 Å². The third-order valence-electron chi connectivity index (χ3n) is 6.09. The largest absolute Gasteiger partial charge is 0.494 e. The molecule has 3 atom stereocenters. The molecule has 9 heteroatoms. The fraction of sp³-hybridized carbons (Fsp3) is 0.231. The number of hydroxylamine groups is 1. The minimum Gasteiger partial charge on any atom is -0.494 e. The van der Waals surface area contributed by atoms with E-state index in [1.807, 2.05) is 6.92 Å². The molecule has 0 aromatic heterocycles. The molecule has 2 saturated heterocycles. The van der Waals surface area contributed by atoms with Crippen LogP contribution in [0.3, 0.4) is 0 Å². The highest BCUT2D eigenvalue weighted by atomic mass is 19.4. The number of carbonyl (C=O) groups is 2. The van der Waals surface area contributed by atoms with Gasteiger partial charge in [-0.2, -0.15) is 13.2 Å². The number of ether oxygens (including phenoxy) is 1. The molecular weight excluding hydrogens is 461 g/mol.